The third-order valence-electron chi connectivity index (χ3n) is 3.35. The summed E-state index contributed by atoms with van der Waals surface area (Å²) in [5.74, 6) is 0. The summed E-state index contributed by atoms with van der Waals surface area (Å²) in [6.45, 7) is 10.2. The van der Waals surface area contributed by atoms with E-state index < -0.39 is 0 Å². The highest BCUT2D eigenvalue weighted by Crippen LogP contribution is 2.25. The lowest BCUT2D eigenvalue weighted by Crippen LogP contribution is -2.41. The predicted octanol–water partition coefficient (Wildman–Crippen LogP) is 4.69. The molecule has 0 aromatic heterocycles. The molecule has 0 aliphatic heterocycles. The molecule has 0 bridgehead atoms. The van der Waals surface area contributed by atoms with Gasteiger partial charge in [0.15, 0.2) is 0 Å². The molecule has 0 fully saturated rings. The van der Waals surface area contributed by atoms with E-state index in [1.54, 1.807) is 0 Å². The molecule has 102 valence electrons. The minimum atomic E-state index is 0.288. The van der Waals surface area contributed by atoms with Crippen molar-refractivity contribution in [1.29, 1.82) is 0 Å². The van der Waals surface area contributed by atoms with Crippen LogP contribution in [0.25, 0.3) is 0 Å². The number of aryl methyl sites for hydroxylation is 1. The number of nitrogens with one attached hydrogen (secondary N) is 1. The molecule has 0 saturated carbocycles. The van der Waals surface area contributed by atoms with Crippen LogP contribution in [0.15, 0.2) is 24.3 Å². The van der Waals surface area contributed by atoms with Crippen LogP contribution >= 0.6 is 11.6 Å². The van der Waals surface area contributed by atoms with E-state index in [1.807, 2.05) is 12.1 Å². The highest BCUT2D eigenvalue weighted by Gasteiger charge is 2.23. The maximum absolute atomic E-state index is 6.21. The van der Waals surface area contributed by atoms with Crippen molar-refractivity contribution in [1.82, 2.24) is 5.32 Å². The lowest BCUT2D eigenvalue weighted by atomic mass is 9.83. The van der Waals surface area contributed by atoms with Crippen LogP contribution in [0.1, 0.15) is 46.1 Å². The molecule has 0 aliphatic carbocycles. The Morgan fingerprint density at radius 3 is 2.44 bits per heavy atom. The Hall–Kier alpha value is -0.530. The van der Waals surface area contributed by atoms with Crippen molar-refractivity contribution < 1.29 is 0 Å². The molecule has 0 spiro atoms. The molecular weight excluding hydrogens is 242 g/mol. The molecular formula is C16H26ClN. The summed E-state index contributed by atoms with van der Waals surface area (Å²) in [5.41, 5.74) is 1.54. The van der Waals surface area contributed by atoms with Crippen LogP contribution in [0, 0.1) is 5.41 Å². The second kappa shape index (κ2) is 7.16. The molecule has 0 aliphatic rings. The fraction of sp³-hybridized carbons (Fsp3) is 0.625. The zero-order chi connectivity index (χ0) is 13.6. The van der Waals surface area contributed by atoms with Gasteiger partial charge in [-0.1, -0.05) is 57.5 Å². The summed E-state index contributed by atoms with van der Waals surface area (Å²) >= 11 is 6.21. The Balaban J connectivity index is 2.59. The number of hydrogen-bond acceptors (Lipinski definition) is 1. The van der Waals surface area contributed by atoms with E-state index in [4.69, 9.17) is 11.6 Å². The van der Waals surface area contributed by atoms with Crippen molar-refractivity contribution in [3.05, 3.63) is 34.9 Å². The molecule has 2 heteroatoms. The Morgan fingerprint density at radius 2 is 1.89 bits per heavy atom. The molecule has 1 nitrogen and oxygen atoms in total. The van der Waals surface area contributed by atoms with Gasteiger partial charge >= 0.3 is 0 Å². The Bertz CT molecular complexity index is 354. The van der Waals surface area contributed by atoms with Crippen LogP contribution in [0.3, 0.4) is 0 Å². The van der Waals surface area contributed by atoms with Gasteiger partial charge in [0, 0.05) is 11.1 Å². The highest BCUT2D eigenvalue weighted by atomic mass is 35.5. The van der Waals surface area contributed by atoms with Crippen molar-refractivity contribution in [3.8, 4) is 0 Å². The lowest BCUT2D eigenvalue weighted by molar-refractivity contribution is 0.255. The number of benzene rings is 1. The number of hydrogen-bond donors (Lipinski definition) is 1. The maximum Gasteiger partial charge on any atom is 0.0437 e. The zero-order valence-electron chi connectivity index (χ0n) is 12.1. The van der Waals surface area contributed by atoms with Crippen LogP contribution in [0.2, 0.25) is 5.02 Å². The van der Waals surface area contributed by atoms with Crippen LogP contribution in [0.5, 0.6) is 0 Å². The van der Waals surface area contributed by atoms with E-state index in [1.165, 1.54) is 12.0 Å². The number of halogens is 1. The Labute approximate surface area is 117 Å². The summed E-state index contributed by atoms with van der Waals surface area (Å²) in [6, 6.07) is 8.69. The third kappa shape index (κ3) is 4.99. The average molecular weight is 268 g/mol. The Morgan fingerprint density at radius 1 is 1.22 bits per heavy atom. The standard InChI is InChI=1S/C16H26ClN/c1-5-12-18-15(16(2,3)4)11-10-13-8-6-7-9-14(13)17/h6-9,15,18H,5,10-12H2,1-4H3. The van der Waals surface area contributed by atoms with Gasteiger partial charge in [-0.15, -0.1) is 0 Å². The third-order valence-corrected chi connectivity index (χ3v) is 3.72. The maximum atomic E-state index is 6.21. The van der Waals surface area contributed by atoms with Gasteiger partial charge in [0.25, 0.3) is 0 Å². The normalized spacial score (nSPS) is 13.6. The SMILES string of the molecule is CCCNC(CCc1ccccc1Cl)C(C)(C)C. The first kappa shape index (κ1) is 15.5. The molecule has 1 aromatic rings. The minimum absolute atomic E-state index is 0.288. The van der Waals surface area contributed by atoms with E-state index in [0.29, 0.717) is 6.04 Å². The van der Waals surface area contributed by atoms with E-state index in [9.17, 15) is 0 Å². The van der Waals surface area contributed by atoms with Gasteiger partial charge in [-0.05, 0) is 42.9 Å². The van der Waals surface area contributed by atoms with Gasteiger partial charge in [-0.3, -0.25) is 0 Å². The summed E-state index contributed by atoms with van der Waals surface area (Å²) in [4.78, 5) is 0. The van der Waals surface area contributed by atoms with Crippen molar-refractivity contribution >= 4 is 11.6 Å². The van der Waals surface area contributed by atoms with E-state index in [2.05, 4.69) is 45.1 Å². The summed E-state index contributed by atoms with van der Waals surface area (Å²) in [5, 5.41) is 4.55. The zero-order valence-corrected chi connectivity index (χ0v) is 12.8. The molecule has 0 radical (unpaired) electrons. The second-order valence-electron chi connectivity index (χ2n) is 6.00. The minimum Gasteiger partial charge on any atom is -0.313 e. The van der Waals surface area contributed by atoms with E-state index in [0.717, 1.165) is 24.4 Å². The van der Waals surface area contributed by atoms with E-state index in [-0.39, 0.29) is 5.41 Å². The molecule has 1 aromatic carbocycles. The van der Waals surface area contributed by atoms with Gasteiger partial charge in [-0.25, -0.2) is 0 Å². The van der Waals surface area contributed by atoms with Gasteiger partial charge in [0.2, 0.25) is 0 Å². The highest BCUT2D eigenvalue weighted by molar-refractivity contribution is 6.31. The van der Waals surface area contributed by atoms with Crippen LogP contribution < -0.4 is 5.32 Å². The Kier molecular flexibility index (Phi) is 6.17. The van der Waals surface area contributed by atoms with Crippen LogP contribution in [0.4, 0.5) is 0 Å². The van der Waals surface area contributed by atoms with Crippen molar-refractivity contribution in [2.45, 2.75) is 53.0 Å². The smallest absolute Gasteiger partial charge is 0.0437 e. The van der Waals surface area contributed by atoms with Gasteiger partial charge < -0.3 is 5.32 Å². The summed E-state index contributed by atoms with van der Waals surface area (Å²) in [7, 11) is 0. The van der Waals surface area contributed by atoms with Crippen LogP contribution in [-0.4, -0.2) is 12.6 Å². The summed E-state index contributed by atoms with van der Waals surface area (Å²) in [6.07, 6.45) is 3.35. The average Bonchev–Trinajstić information content (AvgIpc) is 2.29. The molecule has 18 heavy (non-hydrogen) atoms. The first-order chi connectivity index (χ1) is 8.45. The molecule has 1 N–H and O–H groups in total. The van der Waals surface area contributed by atoms with Crippen LogP contribution in [-0.2, 0) is 6.42 Å². The first-order valence-corrected chi connectivity index (χ1v) is 7.29. The predicted molar refractivity (Wildman–Crippen MR) is 81.3 cm³/mol. The van der Waals surface area contributed by atoms with Gasteiger partial charge in [-0.2, -0.15) is 0 Å². The molecule has 1 unspecified atom stereocenters. The van der Waals surface area contributed by atoms with Gasteiger partial charge in [0.1, 0.15) is 0 Å². The molecule has 0 amide bonds. The molecule has 0 saturated heterocycles. The first-order valence-electron chi connectivity index (χ1n) is 6.92. The topological polar surface area (TPSA) is 12.0 Å². The second-order valence-corrected chi connectivity index (χ2v) is 6.41. The quantitative estimate of drug-likeness (QED) is 0.789. The fourth-order valence-corrected chi connectivity index (χ4v) is 2.39. The van der Waals surface area contributed by atoms with Gasteiger partial charge in [0.05, 0.1) is 0 Å². The lowest BCUT2D eigenvalue weighted by Gasteiger charge is -2.32. The summed E-state index contributed by atoms with van der Waals surface area (Å²) < 4.78 is 0. The molecule has 0 heterocycles. The molecule has 1 atom stereocenters. The van der Waals surface area contributed by atoms with Crippen molar-refractivity contribution in [2.75, 3.05) is 6.54 Å². The number of rotatable bonds is 6. The van der Waals surface area contributed by atoms with Crippen molar-refractivity contribution in [3.63, 3.8) is 0 Å². The largest absolute Gasteiger partial charge is 0.313 e. The van der Waals surface area contributed by atoms with Crippen molar-refractivity contribution in [2.24, 2.45) is 5.41 Å². The molecule has 1 rings (SSSR count). The van der Waals surface area contributed by atoms with E-state index >= 15 is 0 Å². The fourth-order valence-electron chi connectivity index (χ4n) is 2.16. The monoisotopic (exact) mass is 267 g/mol.